The van der Waals surface area contributed by atoms with Crippen molar-refractivity contribution < 1.29 is 27.5 Å². The van der Waals surface area contributed by atoms with Gasteiger partial charge in [0.25, 0.3) is 0 Å². The third-order valence-electron chi connectivity index (χ3n) is 2.91. The van der Waals surface area contributed by atoms with Crippen molar-refractivity contribution in [3.8, 4) is 0 Å². The molecule has 7 heteroatoms. The molecule has 0 rings (SSSR count). The standard InChI is InChI=1S/C16H34O6Si/c1-6-11-19-23(20-12-7-2,21-13-8-3)14-18-16(10-5)22-15(17)9-4/h16H,6-14H2,1-5H3. The number of ether oxygens (including phenoxy) is 2. The SMILES string of the molecule is CCCO[Si](COC(CC)OC(=O)CC)(OCCC)OCCC. The minimum Gasteiger partial charge on any atom is -0.436 e. The van der Waals surface area contributed by atoms with E-state index in [1.54, 1.807) is 6.92 Å². The first-order chi connectivity index (χ1) is 11.1. The lowest BCUT2D eigenvalue weighted by molar-refractivity contribution is -0.178. The summed E-state index contributed by atoms with van der Waals surface area (Å²) in [5, 5.41) is 0. The first-order valence-corrected chi connectivity index (χ1v) is 10.7. The van der Waals surface area contributed by atoms with Gasteiger partial charge in [0.2, 0.25) is 6.29 Å². The second-order valence-corrected chi connectivity index (χ2v) is 7.74. The monoisotopic (exact) mass is 350 g/mol. The van der Waals surface area contributed by atoms with Crippen LogP contribution in [0.3, 0.4) is 0 Å². The summed E-state index contributed by atoms with van der Waals surface area (Å²) in [4.78, 5) is 11.4. The van der Waals surface area contributed by atoms with Crippen LogP contribution >= 0.6 is 0 Å². The fourth-order valence-electron chi connectivity index (χ4n) is 1.68. The smallest absolute Gasteiger partial charge is 0.436 e. The van der Waals surface area contributed by atoms with Crippen LogP contribution in [0.25, 0.3) is 0 Å². The summed E-state index contributed by atoms with van der Waals surface area (Å²) in [6.45, 7) is 11.5. The first-order valence-electron chi connectivity index (χ1n) is 8.80. The maximum absolute atomic E-state index is 11.4. The molecular weight excluding hydrogens is 316 g/mol. The summed E-state index contributed by atoms with van der Waals surface area (Å²) in [5.41, 5.74) is 0. The molecule has 6 nitrogen and oxygen atoms in total. The Morgan fingerprint density at radius 3 is 1.70 bits per heavy atom. The van der Waals surface area contributed by atoms with Gasteiger partial charge >= 0.3 is 14.8 Å². The summed E-state index contributed by atoms with van der Waals surface area (Å²) in [5.74, 6) is -0.275. The Bertz CT molecular complexity index is 279. The minimum absolute atomic E-state index is 0.197. The van der Waals surface area contributed by atoms with E-state index in [9.17, 15) is 4.79 Å². The number of carbonyl (C=O) groups excluding carboxylic acids is 1. The molecular formula is C16H34O6Si. The summed E-state index contributed by atoms with van der Waals surface area (Å²) in [6, 6.07) is 0. The van der Waals surface area contributed by atoms with Gasteiger partial charge in [0.15, 0.2) is 0 Å². The highest BCUT2D eigenvalue weighted by molar-refractivity contribution is 6.60. The lowest BCUT2D eigenvalue weighted by Crippen LogP contribution is -2.52. The molecule has 1 atom stereocenters. The highest BCUT2D eigenvalue weighted by Crippen LogP contribution is 2.15. The van der Waals surface area contributed by atoms with E-state index >= 15 is 0 Å². The van der Waals surface area contributed by atoms with Gasteiger partial charge in [0, 0.05) is 32.7 Å². The molecule has 0 amide bonds. The summed E-state index contributed by atoms with van der Waals surface area (Å²) >= 11 is 0. The third-order valence-corrected chi connectivity index (χ3v) is 5.36. The Balaban J connectivity index is 4.80. The Morgan fingerprint density at radius 1 is 0.870 bits per heavy atom. The van der Waals surface area contributed by atoms with Crippen molar-refractivity contribution in [3.63, 3.8) is 0 Å². The van der Waals surface area contributed by atoms with Crippen molar-refractivity contribution in [1.29, 1.82) is 0 Å². The molecule has 0 aromatic rings. The third kappa shape index (κ3) is 10.1. The van der Waals surface area contributed by atoms with Crippen molar-refractivity contribution >= 4 is 14.8 Å². The second-order valence-electron chi connectivity index (χ2n) is 5.22. The van der Waals surface area contributed by atoms with Crippen molar-refractivity contribution in [1.82, 2.24) is 0 Å². The van der Waals surface area contributed by atoms with Crippen molar-refractivity contribution in [2.24, 2.45) is 0 Å². The Labute approximate surface area is 142 Å². The van der Waals surface area contributed by atoms with Crippen LogP contribution in [0.5, 0.6) is 0 Å². The molecule has 0 heterocycles. The lowest BCUT2D eigenvalue weighted by Gasteiger charge is -2.30. The van der Waals surface area contributed by atoms with E-state index in [1.165, 1.54) is 0 Å². The quantitative estimate of drug-likeness (QED) is 0.256. The molecule has 0 aliphatic heterocycles. The summed E-state index contributed by atoms with van der Waals surface area (Å²) in [7, 11) is -2.91. The maximum atomic E-state index is 11.4. The average Bonchev–Trinajstić information content (AvgIpc) is 2.58. The van der Waals surface area contributed by atoms with Gasteiger partial charge in [-0.05, 0) is 19.3 Å². The van der Waals surface area contributed by atoms with Crippen LogP contribution in [-0.2, 0) is 27.5 Å². The normalized spacial score (nSPS) is 13.1. The summed E-state index contributed by atoms with van der Waals surface area (Å²) < 4.78 is 28.8. The molecule has 23 heavy (non-hydrogen) atoms. The van der Waals surface area contributed by atoms with Gasteiger partial charge in [-0.15, -0.1) is 0 Å². The molecule has 0 aliphatic carbocycles. The Morgan fingerprint density at radius 2 is 1.35 bits per heavy atom. The molecule has 0 N–H and O–H groups in total. The highest BCUT2D eigenvalue weighted by Gasteiger charge is 2.42. The van der Waals surface area contributed by atoms with Crippen LogP contribution in [0.2, 0.25) is 0 Å². The fourth-order valence-corrected chi connectivity index (χ4v) is 4.12. The maximum Gasteiger partial charge on any atom is 0.528 e. The molecule has 0 saturated carbocycles. The molecule has 0 aromatic carbocycles. The predicted molar refractivity (Wildman–Crippen MR) is 90.9 cm³/mol. The van der Waals surface area contributed by atoms with Crippen molar-refractivity contribution in [2.45, 2.75) is 73.0 Å². The molecule has 0 radical (unpaired) electrons. The van der Waals surface area contributed by atoms with Crippen LogP contribution in [0, 0.1) is 0 Å². The number of rotatable bonds is 15. The van der Waals surface area contributed by atoms with E-state index in [2.05, 4.69) is 0 Å². The van der Waals surface area contributed by atoms with Gasteiger partial charge in [-0.1, -0.05) is 34.6 Å². The second kappa shape index (κ2) is 13.9. The van der Waals surface area contributed by atoms with Crippen LogP contribution in [-0.4, -0.2) is 47.1 Å². The van der Waals surface area contributed by atoms with E-state index in [1.807, 2.05) is 27.7 Å². The van der Waals surface area contributed by atoms with Crippen molar-refractivity contribution in [3.05, 3.63) is 0 Å². The lowest BCUT2D eigenvalue weighted by atomic mass is 10.4. The highest BCUT2D eigenvalue weighted by atomic mass is 28.4. The zero-order valence-corrected chi connectivity index (χ0v) is 16.4. The van der Waals surface area contributed by atoms with Gasteiger partial charge in [0.05, 0.1) is 0 Å². The van der Waals surface area contributed by atoms with Gasteiger partial charge in [0.1, 0.15) is 6.23 Å². The zero-order valence-electron chi connectivity index (χ0n) is 15.4. The molecule has 0 saturated heterocycles. The minimum atomic E-state index is -2.91. The van der Waals surface area contributed by atoms with Gasteiger partial charge in [-0.2, -0.15) is 0 Å². The van der Waals surface area contributed by atoms with E-state index in [-0.39, 0.29) is 12.2 Å². The topological polar surface area (TPSA) is 63.2 Å². The molecule has 0 spiro atoms. The van der Waals surface area contributed by atoms with Crippen LogP contribution < -0.4 is 0 Å². The zero-order chi connectivity index (χ0) is 17.6. The fraction of sp³-hybridized carbons (Fsp3) is 0.938. The molecule has 138 valence electrons. The van der Waals surface area contributed by atoms with Gasteiger partial charge in [-0.25, -0.2) is 0 Å². The van der Waals surface area contributed by atoms with Gasteiger partial charge < -0.3 is 22.8 Å². The van der Waals surface area contributed by atoms with Crippen LogP contribution in [0.1, 0.15) is 66.7 Å². The van der Waals surface area contributed by atoms with Crippen molar-refractivity contribution in [2.75, 3.05) is 26.1 Å². The molecule has 1 unspecified atom stereocenters. The molecule has 0 aliphatic rings. The molecule has 0 aromatic heterocycles. The first kappa shape index (κ1) is 22.5. The Hall–Kier alpha value is -0.473. The van der Waals surface area contributed by atoms with E-state index in [4.69, 9.17) is 22.8 Å². The predicted octanol–water partition coefficient (Wildman–Crippen LogP) is 3.45. The average molecular weight is 351 g/mol. The van der Waals surface area contributed by atoms with E-state index in [0.29, 0.717) is 32.7 Å². The molecule has 0 fully saturated rings. The largest absolute Gasteiger partial charge is 0.528 e. The number of carbonyl (C=O) groups is 1. The number of hydrogen-bond acceptors (Lipinski definition) is 6. The number of esters is 1. The van der Waals surface area contributed by atoms with E-state index in [0.717, 1.165) is 19.3 Å². The Kier molecular flexibility index (Phi) is 13.6. The van der Waals surface area contributed by atoms with Crippen LogP contribution in [0.15, 0.2) is 0 Å². The van der Waals surface area contributed by atoms with E-state index < -0.39 is 15.1 Å². The van der Waals surface area contributed by atoms with Gasteiger partial charge in [-0.3, -0.25) is 4.79 Å². The summed E-state index contributed by atoms with van der Waals surface area (Å²) in [6.07, 6.45) is 3.14. The van der Waals surface area contributed by atoms with Crippen LogP contribution in [0.4, 0.5) is 0 Å². The molecule has 0 bridgehead atoms. The number of hydrogen-bond donors (Lipinski definition) is 0.